The number of hydrogen-bond acceptors (Lipinski definition) is 15. The lowest BCUT2D eigenvalue weighted by Crippen LogP contribution is -2.23. The van der Waals surface area contributed by atoms with Gasteiger partial charge in [0.2, 0.25) is 0 Å². The Labute approximate surface area is 650 Å². The fourth-order valence-corrected chi connectivity index (χ4v) is 10.4. The van der Waals surface area contributed by atoms with Crippen molar-refractivity contribution < 1.29 is 80.9 Å². The fourth-order valence-electron chi connectivity index (χ4n) is 10.4. The molecule has 20 nitrogen and oxygen atoms in total. The lowest BCUT2D eigenvalue weighted by Gasteiger charge is -2.22. The first-order chi connectivity index (χ1) is 54.8. The molecule has 22 heteroatoms. The average Bonchev–Trinajstić information content (AvgIpc) is 0.858. The molecule has 2 fully saturated rings. The molecule has 13 rings (SSSR count). The average molecular weight is 1510 g/mol. The van der Waals surface area contributed by atoms with Gasteiger partial charge in [0.05, 0.1) is 59.3 Å². The highest BCUT2D eigenvalue weighted by Crippen LogP contribution is 2.40. The van der Waals surface area contributed by atoms with E-state index in [-0.39, 0.29) is 35.5 Å². The van der Waals surface area contributed by atoms with Crippen LogP contribution >= 0.6 is 0 Å². The highest BCUT2D eigenvalue weighted by molar-refractivity contribution is 5.59. The summed E-state index contributed by atoms with van der Waals surface area (Å²) in [6.07, 6.45) is 7.88. The quantitative estimate of drug-likeness (QED) is 0.0325. The zero-order valence-corrected chi connectivity index (χ0v) is 61.2. The molecule has 0 aliphatic carbocycles. The van der Waals surface area contributed by atoms with Gasteiger partial charge in [0, 0.05) is 44.3 Å². The van der Waals surface area contributed by atoms with E-state index >= 15 is 0 Å². The van der Waals surface area contributed by atoms with Crippen LogP contribution in [0.15, 0.2) is 255 Å². The van der Waals surface area contributed by atoms with E-state index in [4.69, 9.17) is 94.8 Å². The molecule has 0 radical (unpaired) electrons. The number of hydrogen-bond donors (Lipinski definition) is 3. The van der Waals surface area contributed by atoms with E-state index in [1.807, 2.05) is 127 Å². The van der Waals surface area contributed by atoms with Crippen molar-refractivity contribution >= 4 is 28.4 Å². The number of halogens is 2. The maximum Gasteiger partial charge on any atom is 0.191 e. The molecule has 570 valence electrons. The van der Waals surface area contributed by atoms with Crippen molar-refractivity contribution in [1.29, 1.82) is 0 Å². The number of aromatic hydroxyl groups is 3. The summed E-state index contributed by atoms with van der Waals surface area (Å²) < 4.78 is 94.5. The number of phenolic OH excluding ortho intramolecular Hbond substituents is 3. The molecular formula is C90H81F2N5O15. The van der Waals surface area contributed by atoms with Gasteiger partial charge in [0.25, 0.3) is 0 Å². The SMILES string of the molecule is [C-]#[N+]c1ccc(F)c(O)c1.[C-]#[N+]c1ccc(F)c(OCc2ccccc2)c1.[C-]#[N+]c1ccc(Oc2cccc(O)c2)c(OCc2ccccc2)c1.[C-]#[N+]c1ccc(Oc2cccc(OCCCOC3CCCCO3)c2)c(O)c1.[C-]#[N+]c1ccc(Oc2cccc(OCCCOC3CCCCO3)c2)c(OCc2ccccc2)c1. The van der Waals surface area contributed by atoms with Gasteiger partial charge in [-0.05, 0) is 152 Å². The van der Waals surface area contributed by atoms with Crippen molar-refractivity contribution in [3.8, 4) is 80.5 Å². The molecule has 11 aromatic carbocycles. The molecule has 112 heavy (non-hydrogen) atoms. The van der Waals surface area contributed by atoms with Crippen molar-refractivity contribution in [2.45, 2.75) is 83.8 Å². The molecule has 2 atom stereocenters. The molecule has 2 saturated heterocycles. The second-order valence-electron chi connectivity index (χ2n) is 24.5. The van der Waals surface area contributed by atoms with Crippen LogP contribution < -0.4 is 37.9 Å². The summed E-state index contributed by atoms with van der Waals surface area (Å²) in [6.45, 7) is 39.7. The molecule has 0 bridgehead atoms. The molecular weight excluding hydrogens is 1430 g/mol. The third-order valence-electron chi connectivity index (χ3n) is 16.1. The lowest BCUT2D eigenvalue weighted by atomic mass is 10.2. The van der Waals surface area contributed by atoms with Crippen molar-refractivity contribution in [2.75, 3.05) is 39.6 Å². The van der Waals surface area contributed by atoms with Gasteiger partial charge < -0.3 is 72.2 Å². The maximum absolute atomic E-state index is 13.4. The van der Waals surface area contributed by atoms with Crippen molar-refractivity contribution in [2.24, 2.45) is 0 Å². The largest absolute Gasteiger partial charge is 0.508 e. The van der Waals surface area contributed by atoms with Gasteiger partial charge in [-0.25, -0.2) is 33.0 Å². The van der Waals surface area contributed by atoms with E-state index in [2.05, 4.69) is 24.2 Å². The molecule has 3 N–H and O–H groups in total. The number of rotatable bonds is 27. The van der Waals surface area contributed by atoms with Crippen LogP contribution in [0, 0.1) is 44.5 Å². The summed E-state index contributed by atoms with van der Waals surface area (Å²) in [4.78, 5) is 16.4. The van der Waals surface area contributed by atoms with Crippen LogP contribution in [0.1, 0.15) is 68.1 Å². The van der Waals surface area contributed by atoms with Gasteiger partial charge in [-0.1, -0.05) is 140 Å². The Hall–Kier alpha value is -13.6. The Balaban J connectivity index is 0.000000168. The van der Waals surface area contributed by atoms with E-state index in [0.29, 0.717) is 121 Å². The van der Waals surface area contributed by atoms with E-state index < -0.39 is 17.4 Å². The van der Waals surface area contributed by atoms with Gasteiger partial charge in [-0.15, -0.1) is 0 Å². The monoisotopic (exact) mass is 1510 g/mol. The second-order valence-corrected chi connectivity index (χ2v) is 24.5. The minimum atomic E-state index is -0.701. The van der Waals surface area contributed by atoms with Crippen molar-refractivity contribution in [1.82, 2.24) is 0 Å². The summed E-state index contributed by atoms with van der Waals surface area (Å²) in [5, 5.41) is 28.2. The van der Waals surface area contributed by atoms with Crippen LogP contribution in [0.4, 0.5) is 37.2 Å². The molecule has 0 saturated carbocycles. The lowest BCUT2D eigenvalue weighted by molar-refractivity contribution is -0.163. The van der Waals surface area contributed by atoms with Crippen LogP contribution in [0.5, 0.6) is 80.5 Å². The van der Waals surface area contributed by atoms with Crippen LogP contribution in [0.2, 0.25) is 0 Å². The number of ether oxygens (including phenoxy) is 12. The van der Waals surface area contributed by atoms with Gasteiger partial charge in [0.1, 0.15) is 71.6 Å². The number of phenols is 3. The molecule has 2 unspecified atom stereocenters. The van der Waals surface area contributed by atoms with E-state index in [0.717, 1.165) is 99.2 Å². The second kappa shape index (κ2) is 45.9. The third-order valence-corrected chi connectivity index (χ3v) is 16.1. The van der Waals surface area contributed by atoms with Gasteiger partial charge >= 0.3 is 0 Å². The van der Waals surface area contributed by atoms with Crippen molar-refractivity contribution in [3.63, 3.8) is 0 Å². The summed E-state index contributed by atoms with van der Waals surface area (Å²) >= 11 is 0. The Morgan fingerprint density at radius 1 is 0.321 bits per heavy atom. The zero-order chi connectivity index (χ0) is 78.8. The highest BCUT2D eigenvalue weighted by atomic mass is 19.1. The first-order valence-electron chi connectivity index (χ1n) is 35.8. The summed E-state index contributed by atoms with van der Waals surface area (Å²) in [7, 11) is 0. The molecule has 2 aliphatic rings. The summed E-state index contributed by atoms with van der Waals surface area (Å²) in [5.74, 6) is 3.93. The highest BCUT2D eigenvalue weighted by Gasteiger charge is 2.17. The minimum Gasteiger partial charge on any atom is -0.508 e. The molecule has 0 aromatic heterocycles. The summed E-state index contributed by atoms with van der Waals surface area (Å²) in [6, 6.07) is 72.6. The van der Waals surface area contributed by atoms with Crippen molar-refractivity contribution in [3.05, 3.63) is 340 Å². The van der Waals surface area contributed by atoms with Crippen LogP contribution in [0.25, 0.3) is 24.2 Å². The molecule has 11 aromatic rings. The maximum atomic E-state index is 13.4. The van der Waals surface area contributed by atoms with Gasteiger partial charge in [-0.3, -0.25) is 0 Å². The Morgan fingerprint density at radius 2 is 0.688 bits per heavy atom. The molecule has 0 amide bonds. The van der Waals surface area contributed by atoms with E-state index in [1.165, 1.54) is 36.4 Å². The zero-order valence-electron chi connectivity index (χ0n) is 61.2. The van der Waals surface area contributed by atoms with Crippen LogP contribution in [-0.4, -0.2) is 67.5 Å². The molecule has 2 heterocycles. The van der Waals surface area contributed by atoms with Crippen LogP contribution in [0.3, 0.4) is 0 Å². The van der Waals surface area contributed by atoms with E-state index in [1.54, 1.807) is 78.9 Å². The minimum absolute atomic E-state index is 0.0713. The Morgan fingerprint density at radius 3 is 1.10 bits per heavy atom. The number of nitrogens with zero attached hydrogens (tertiary/aromatic N) is 5. The summed E-state index contributed by atoms with van der Waals surface area (Å²) in [5.41, 5.74) is 4.95. The molecule has 0 spiro atoms. The van der Waals surface area contributed by atoms with Gasteiger partial charge in [0.15, 0.2) is 81.4 Å². The Bertz CT molecular complexity index is 4960. The smallest absolute Gasteiger partial charge is 0.191 e. The first-order valence-corrected chi connectivity index (χ1v) is 35.8. The first kappa shape index (κ1) is 82.4. The fraction of sp³-hybridized carbons (Fsp3) is 0.211. The normalized spacial score (nSPS) is 13.0. The van der Waals surface area contributed by atoms with Gasteiger partial charge in [-0.2, -0.15) is 0 Å². The molecule has 2 aliphatic heterocycles. The standard InChI is InChI=1S/C28H29NO5.C21H23NO5.C20H15NO3.C14H10FNO.C7H4FNO/c1-29-23-14-15-26(27(19-23)33-21-22-9-3-2-4-10-22)34-25-12-7-11-24(20-25)30-17-8-18-32-28-13-5-6-16-31-28;1-22-16-9-10-20(19(23)14-16)27-18-7-4-6-17(15-18)24-12-5-13-26-21-8-2-3-11-25-21;1-21-16-10-11-19(24-18-9-5-8-17(22)13-18)20(12-16)23-14-15-6-3-2-4-7-15;1-16-12-7-8-13(15)14(9-12)17-10-11-5-3-2-4-6-11;1-9-5-2-3-6(8)7(10)4-5/h2-4,7,9-12,14-15,19-20,28H,5-6,8,13,16-18,21H2;4,6-7,9-10,14-15,21,23H,2-3,5,8,11-13H2;2-13,22H,14H2;2-9H,10H2;2-4,10H. The third kappa shape index (κ3) is 28.8. The topological polar surface area (TPSA) is 193 Å². The number of benzene rings is 11. The Kier molecular flexibility index (Phi) is 33.8. The predicted molar refractivity (Wildman–Crippen MR) is 420 cm³/mol. The predicted octanol–water partition coefficient (Wildman–Crippen LogP) is 23.3. The van der Waals surface area contributed by atoms with E-state index in [9.17, 15) is 19.0 Å². The van der Waals surface area contributed by atoms with Crippen LogP contribution in [-0.2, 0) is 38.8 Å².